The maximum absolute atomic E-state index is 12.7. The summed E-state index contributed by atoms with van der Waals surface area (Å²) in [6, 6.07) is 0. The summed E-state index contributed by atoms with van der Waals surface area (Å²) >= 11 is 0. The van der Waals surface area contributed by atoms with E-state index in [0.717, 1.165) is 77.0 Å². The molecule has 57 heavy (non-hydrogen) atoms. The number of carboxylic acids is 1. The molecule has 0 aliphatic carbocycles. The van der Waals surface area contributed by atoms with Gasteiger partial charge >= 0.3 is 11.9 Å². The Balaban J connectivity index is 4.42. The second-order valence-electron chi connectivity index (χ2n) is 16.7. The van der Waals surface area contributed by atoms with Crippen LogP contribution in [0.1, 0.15) is 194 Å². The molecule has 0 fully saturated rings. The lowest BCUT2D eigenvalue weighted by atomic mass is 10.1. The van der Waals surface area contributed by atoms with E-state index in [4.69, 9.17) is 18.9 Å². The normalized spacial score (nSPS) is 13.2. The summed E-state index contributed by atoms with van der Waals surface area (Å²) in [5.41, 5.74) is 0. The number of rotatable bonds is 42. The van der Waals surface area contributed by atoms with Crippen molar-refractivity contribution in [2.45, 2.75) is 206 Å². The smallest absolute Gasteiger partial charge is 0.306 e. The number of unbranched alkanes of at least 4 members (excludes halogenated alkanes) is 21. The van der Waals surface area contributed by atoms with Crippen LogP contribution in [0.2, 0.25) is 0 Å². The monoisotopic (exact) mass is 806 g/mol. The minimum absolute atomic E-state index is 0.144. The van der Waals surface area contributed by atoms with Crippen LogP contribution in [0, 0.1) is 0 Å². The van der Waals surface area contributed by atoms with Crippen molar-refractivity contribution in [2.75, 3.05) is 47.5 Å². The number of hydrogen-bond acceptors (Lipinski definition) is 8. The zero-order valence-corrected chi connectivity index (χ0v) is 37.5. The predicted octanol–water partition coefficient (Wildman–Crippen LogP) is 10.9. The van der Waals surface area contributed by atoms with E-state index in [-0.39, 0.29) is 38.6 Å². The maximum Gasteiger partial charge on any atom is 0.306 e. The van der Waals surface area contributed by atoms with Crippen LogP contribution >= 0.6 is 0 Å². The Morgan fingerprint density at radius 1 is 0.526 bits per heavy atom. The van der Waals surface area contributed by atoms with Gasteiger partial charge in [-0.05, 0) is 64.2 Å². The molecule has 0 radical (unpaired) electrons. The second kappa shape index (κ2) is 40.3. The van der Waals surface area contributed by atoms with Crippen molar-refractivity contribution in [3.63, 3.8) is 0 Å². The van der Waals surface area contributed by atoms with Gasteiger partial charge in [0.1, 0.15) is 13.2 Å². The van der Waals surface area contributed by atoms with E-state index in [2.05, 4.69) is 50.3 Å². The van der Waals surface area contributed by atoms with Crippen LogP contribution in [0.15, 0.2) is 36.5 Å². The van der Waals surface area contributed by atoms with Crippen molar-refractivity contribution in [3.05, 3.63) is 36.5 Å². The Hall–Kier alpha value is -2.49. The van der Waals surface area contributed by atoms with Gasteiger partial charge in [0, 0.05) is 12.8 Å². The Kier molecular flexibility index (Phi) is 38.5. The number of ether oxygens (including phenoxy) is 4. The van der Waals surface area contributed by atoms with Crippen molar-refractivity contribution in [1.29, 1.82) is 0 Å². The van der Waals surface area contributed by atoms with Crippen molar-refractivity contribution in [3.8, 4) is 0 Å². The molecule has 0 bridgehead atoms. The Bertz CT molecular complexity index is 1030. The SMILES string of the molecule is CCCC/C=C\C/C=C\CCCCCCCC(=O)OC(COC(=O)CCCCCCCCC/C=C\CCCCCCCCC)COC(OCC[N+](C)(C)C)C(=O)[O-]. The van der Waals surface area contributed by atoms with Crippen LogP contribution in [-0.2, 0) is 33.3 Å². The van der Waals surface area contributed by atoms with Gasteiger partial charge in [0.25, 0.3) is 0 Å². The van der Waals surface area contributed by atoms with Crippen LogP contribution in [0.4, 0.5) is 0 Å². The summed E-state index contributed by atoms with van der Waals surface area (Å²) in [6.07, 6.45) is 41.7. The highest BCUT2D eigenvalue weighted by Gasteiger charge is 2.21. The lowest BCUT2D eigenvalue weighted by Gasteiger charge is -2.26. The summed E-state index contributed by atoms with van der Waals surface area (Å²) in [4.78, 5) is 37.0. The lowest BCUT2D eigenvalue weighted by Crippen LogP contribution is -2.44. The fraction of sp³-hybridized carbons (Fsp3) is 0.812. The van der Waals surface area contributed by atoms with Gasteiger partial charge in [-0.3, -0.25) is 9.59 Å². The van der Waals surface area contributed by atoms with Crippen LogP contribution in [-0.4, -0.2) is 82.3 Å². The number of hydrogen-bond donors (Lipinski definition) is 0. The summed E-state index contributed by atoms with van der Waals surface area (Å²) in [5, 5.41) is 11.7. The van der Waals surface area contributed by atoms with Gasteiger partial charge in [0.05, 0.1) is 40.3 Å². The molecule has 2 unspecified atom stereocenters. The van der Waals surface area contributed by atoms with Gasteiger partial charge < -0.3 is 33.3 Å². The van der Waals surface area contributed by atoms with Gasteiger partial charge in [-0.15, -0.1) is 0 Å². The molecule has 0 aromatic carbocycles. The maximum atomic E-state index is 12.7. The summed E-state index contributed by atoms with van der Waals surface area (Å²) < 4.78 is 22.5. The third-order valence-electron chi connectivity index (χ3n) is 9.86. The molecule has 0 amide bonds. The first-order valence-corrected chi connectivity index (χ1v) is 23.1. The number of aliphatic carboxylic acids is 1. The zero-order valence-electron chi connectivity index (χ0n) is 37.5. The molecule has 9 nitrogen and oxygen atoms in total. The van der Waals surface area contributed by atoms with Crippen LogP contribution in [0.5, 0.6) is 0 Å². The van der Waals surface area contributed by atoms with Crippen LogP contribution in [0.3, 0.4) is 0 Å². The van der Waals surface area contributed by atoms with Crippen LogP contribution < -0.4 is 5.11 Å². The topological polar surface area (TPSA) is 111 Å². The Morgan fingerprint density at radius 2 is 0.965 bits per heavy atom. The summed E-state index contributed by atoms with van der Waals surface area (Å²) in [5.74, 6) is -2.31. The van der Waals surface area contributed by atoms with Gasteiger partial charge in [-0.25, -0.2) is 0 Å². The number of quaternary nitrogens is 1. The molecule has 0 saturated carbocycles. The highest BCUT2D eigenvalue weighted by atomic mass is 16.7. The number of carboxylic acid groups (broad SMARTS) is 1. The molecule has 2 atom stereocenters. The highest BCUT2D eigenvalue weighted by Crippen LogP contribution is 2.14. The quantitative estimate of drug-likeness (QED) is 0.0197. The number of esters is 2. The van der Waals surface area contributed by atoms with E-state index < -0.39 is 24.3 Å². The van der Waals surface area contributed by atoms with E-state index in [1.165, 1.54) is 83.5 Å². The van der Waals surface area contributed by atoms with Gasteiger partial charge in [0.2, 0.25) is 0 Å². The van der Waals surface area contributed by atoms with Gasteiger partial charge in [-0.1, -0.05) is 153 Å². The molecule has 0 aromatic rings. The highest BCUT2D eigenvalue weighted by molar-refractivity contribution is 5.70. The van der Waals surface area contributed by atoms with Crippen LogP contribution in [0.25, 0.3) is 0 Å². The van der Waals surface area contributed by atoms with E-state index in [9.17, 15) is 19.5 Å². The molecule has 0 N–H and O–H groups in total. The standard InChI is InChI=1S/C48H87NO8/c1-6-8-10-12-14-16-18-20-22-23-24-25-27-28-30-32-34-36-38-45(50)55-42-44(43-56-48(47(52)53)54-41-40-49(3,4)5)57-46(51)39-37-35-33-31-29-26-21-19-17-15-13-11-9-7-2/h13,15,19,21-23,44,48H,6-12,14,16-18,20,24-43H2,1-5H3/b15-13-,21-19-,23-22-. The van der Waals surface area contributed by atoms with E-state index >= 15 is 0 Å². The molecule has 0 heterocycles. The number of allylic oxidation sites excluding steroid dienone is 6. The molecule has 0 aromatic heterocycles. The van der Waals surface area contributed by atoms with Gasteiger partial charge in [0.15, 0.2) is 12.4 Å². The average Bonchev–Trinajstić information content (AvgIpc) is 3.17. The molecule has 0 spiro atoms. The third kappa shape index (κ3) is 41.5. The minimum Gasteiger partial charge on any atom is -0.545 e. The van der Waals surface area contributed by atoms with E-state index in [1.54, 1.807) is 0 Å². The number of carbonyl (C=O) groups excluding carboxylic acids is 3. The number of carbonyl (C=O) groups is 3. The number of nitrogens with zero attached hydrogens (tertiary/aromatic N) is 1. The fourth-order valence-corrected chi connectivity index (χ4v) is 6.19. The first-order chi connectivity index (χ1) is 27.6. The average molecular weight is 806 g/mol. The molecule has 332 valence electrons. The van der Waals surface area contributed by atoms with Crippen molar-refractivity contribution < 1.29 is 42.9 Å². The molecular formula is C48H87NO8. The predicted molar refractivity (Wildman–Crippen MR) is 232 cm³/mol. The van der Waals surface area contributed by atoms with Gasteiger partial charge in [-0.2, -0.15) is 0 Å². The number of likely N-dealkylation sites (N-methyl/N-ethyl adjacent to an activating group) is 1. The minimum atomic E-state index is -1.62. The molecular weight excluding hydrogens is 719 g/mol. The van der Waals surface area contributed by atoms with E-state index in [1.807, 2.05) is 21.1 Å². The van der Waals surface area contributed by atoms with Crippen molar-refractivity contribution in [2.24, 2.45) is 0 Å². The molecule has 0 aliphatic heterocycles. The molecule has 9 heteroatoms. The summed E-state index contributed by atoms with van der Waals surface area (Å²) in [6.45, 7) is 4.68. The van der Waals surface area contributed by atoms with E-state index in [0.29, 0.717) is 17.4 Å². The summed E-state index contributed by atoms with van der Waals surface area (Å²) in [7, 11) is 5.90. The fourth-order valence-electron chi connectivity index (χ4n) is 6.19. The molecule has 0 rings (SSSR count). The molecule has 0 saturated heterocycles. The second-order valence-corrected chi connectivity index (χ2v) is 16.7. The largest absolute Gasteiger partial charge is 0.545 e. The van der Waals surface area contributed by atoms with Crippen molar-refractivity contribution >= 4 is 17.9 Å². The first-order valence-electron chi connectivity index (χ1n) is 23.1. The Labute approximate surface area is 350 Å². The Morgan fingerprint density at radius 3 is 1.46 bits per heavy atom. The van der Waals surface area contributed by atoms with Crippen molar-refractivity contribution in [1.82, 2.24) is 0 Å². The third-order valence-corrected chi connectivity index (χ3v) is 9.86. The first kappa shape index (κ1) is 54.5. The lowest BCUT2D eigenvalue weighted by molar-refractivity contribution is -0.870. The molecule has 0 aliphatic rings. The zero-order chi connectivity index (χ0) is 42.1.